The standard InChI is InChI=1S/C12H24N2O/c1-3-12-6-13-10(2)7-14(12)8-11-4-5-15-9-11/h10-13H,3-9H2,1-2H3. The van der Waals surface area contributed by atoms with Crippen molar-refractivity contribution in [3.05, 3.63) is 0 Å². The zero-order valence-electron chi connectivity index (χ0n) is 10.0. The summed E-state index contributed by atoms with van der Waals surface area (Å²) in [6, 6.07) is 1.39. The van der Waals surface area contributed by atoms with Crippen LogP contribution >= 0.6 is 0 Å². The second-order valence-electron chi connectivity index (χ2n) is 5.05. The summed E-state index contributed by atoms with van der Waals surface area (Å²) < 4.78 is 5.45. The molecule has 2 saturated heterocycles. The molecule has 2 aliphatic rings. The van der Waals surface area contributed by atoms with E-state index >= 15 is 0 Å². The lowest BCUT2D eigenvalue weighted by molar-refractivity contribution is 0.103. The predicted octanol–water partition coefficient (Wildman–Crippen LogP) is 1.10. The average Bonchev–Trinajstić information content (AvgIpc) is 2.71. The summed E-state index contributed by atoms with van der Waals surface area (Å²) in [5, 5.41) is 3.56. The van der Waals surface area contributed by atoms with Gasteiger partial charge in [0.25, 0.3) is 0 Å². The van der Waals surface area contributed by atoms with Crippen LogP contribution in [0.4, 0.5) is 0 Å². The summed E-state index contributed by atoms with van der Waals surface area (Å²) in [7, 11) is 0. The molecule has 0 aliphatic carbocycles. The molecule has 2 aliphatic heterocycles. The summed E-state index contributed by atoms with van der Waals surface area (Å²) in [5.41, 5.74) is 0. The molecule has 0 aromatic heterocycles. The first-order valence-corrected chi connectivity index (χ1v) is 6.34. The van der Waals surface area contributed by atoms with Crippen LogP contribution in [-0.4, -0.2) is 49.8 Å². The van der Waals surface area contributed by atoms with Gasteiger partial charge in [-0.05, 0) is 25.7 Å². The maximum Gasteiger partial charge on any atom is 0.0507 e. The number of nitrogens with zero attached hydrogens (tertiary/aromatic N) is 1. The lowest BCUT2D eigenvalue weighted by Crippen LogP contribution is -2.56. The van der Waals surface area contributed by atoms with Crippen LogP contribution in [0.25, 0.3) is 0 Å². The van der Waals surface area contributed by atoms with E-state index in [9.17, 15) is 0 Å². The fourth-order valence-corrected chi connectivity index (χ4v) is 2.72. The molecule has 3 heteroatoms. The summed E-state index contributed by atoms with van der Waals surface area (Å²) in [5.74, 6) is 0.782. The minimum Gasteiger partial charge on any atom is -0.381 e. The molecule has 2 rings (SSSR count). The Morgan fingerprint density at radius 3 is 3.00 bits per heavy atom. The van der Waals surface area contributed by atoms with Gasteiger partial charge in [0.05, 0.1) is 6.61 Å². The first-order valence-electron chi connectivity index (χ1n) is 6.34. The monoisotopic (exact) mass is 212 g/mol. The molecule has 2 heterocycles. The number of hydrogen-bond acceptors (Lipinski definition) is 3. The van der Waals surface area contributed by atoms with Gasteiger partial charge in [0.2, 0.25) is 0 Å². The minimum atomic E-state index is 0.648. The Morgan fingerprint density at radius 1 is 1.47 bits per heavy atom. The Morgan fingerprint density at radius 2 is 2.33 bits per heavy atom. The van der Waals surface area contributed by atoms with Crippen LogP contribution in [0.1, 0.15) is 26.7 Å². The largest absolute Gasteiger partial charge is 0.381 e. The molecule has 0 spiro atoms. The molecule has 3 unspecified atom stereocenters. The summed E-state index contributed by atoms with van der Waals surface area (Å²) in [6.45, 7) is 10.1. The number of rotatable bonds is 3. The highest BCUT2D eigenvalue weighted by atomic mass is 16.5. The van der Waals surface area contributed by atoms with Crippen LogP contribution in [0.15, 0.2) is 0 Å². The van der Waals surface area contributed by atoms with Gasteiger partial charge in [0.1, 0.15) is 0 Å². The molecule has 0 radical (unpaired) electrons. The Kier molecular flexibility index (Phi) is 4.00. The van der Waals surface area contributed by atoms with Crippen molar-refractivity contribution in [2.45, 2.75) is 38.8 Å². The van der Waals surface area contributed by atoms with Crippen molar-refractivity contribution in [2.24, 2.45) is 5.92 Å². The van der Waals surface area contributed by atoms with Crippen LogP contribution in [0.5, 0.6) is 0 Å². The Balaban J connectivity index is 1.85. The summed E-state index contributed by atoms with van der Waals surface area (Å²) in [6.07, 6.45) is 2.52. The van der Waals surface area contributed by atoms with Crippen LogP contribution in [0.3, 0.4) is 0 Å². The third-order valence-electron chi connectivity index (χ3n) is 3.71. The van der Waals surface area contributed by atoms with Gasteiger partial charge in [0, 0.05) is 38.3 Å². The number of piperazine rings is 1. The molecule has 15 heavy (non-hydrogen) atoms. The minimum absolute atomic E-state index is 0.648. The van der Waals surface area contributed by atoms with Crippen molar-refractivity contribution in [1.82, 2.24) is 10.2 Å². The first-order chi connectivity index (χ1) is 7.29. The van der Waals surface area contributed by atoms with Gasteiger partial charge in [-0.25, -0.2) is 0 Å². The SMILES string of the molecule is CCC1CNC(C)CN1CC1CCOC1. The molecular formula is C12H24N2O. The zero-order valence-corrected chi connectivity index (χ0v) is 10.0. The molecule has 1 N–H and O–H groups in total. The average molecular weight is 212 g/mol. The molecule has 0 amide bonds. The van der Waals surface area contributed by atoms with Gasteiger partial charge >= 0.3 is 0 Å². The van der Waals surface area contributed by atoms with E-state index in [4.69, 9.17) is 4.74 Å². The fourth-order valence-electron chi connectivity index (χ4n) is 2.72. The highest BCUT2D eigenvalue weighted by molar-refractivity contribution is 4.85. The smallest absolute Gasteiger partial charge is 0.0507 e. The van der Waals surface area contributed by atoms with Gasteiger partial charge in [-0.15, -0.1) is 0 Å². The Bertz CT molecular complexity index is 192. The third-order valence-corrected chi connectivity index (χ3v) is 3.71. The van der Waals surface area contributed by atoms with Crippen molar-refractivity contribution in [2.75, 3.05) is 32.8 Å². The van der Waals surface area contributed by atoms with Crippen LogP contribution in [0, 0.1) is 5.92 Å². The second kappa shape index (κ2) is 5.28. The lowest BCUT2D eigenvalue weighted by Gasteiger charge is -2.40. The van der Waals surface area contributed by atoms with Crippen molar-refractivity contribution < 1.29 is 4.74 Å². The summed E-state index contributed by atoms with van der Waals surface area (Å²) in [4.78, 5) is 2.67. The number of ether oxygens (including phenoxy) is 1. The second-order valence-corrected chi connectivity index (χ2v) is 5.05. The van der Waals surface area contributed by atoms with E-state index in [0.29, 0.717) is 6.04 Å². The van der Waals surface area contributed by atoms with Crippen molar-refractivity contribution in [3.63, 3.8) is 0 Å². The quantitative estimate of drug-likeness (QED) is 0.758. The van der Waals surface area contributed by atoms with Crippen molar-refractivity contribution in [1.29, 1.82) is 0 Å². The third kappa shape index (κ3) is 2.92. The normalized spacial score (nSPS) is 38.4. The lowest BCUT2D eigenvalue weighted by atomic mass is 10.0. The summed E-state index contributed by atoms with van der Waals surface area (Å²) >= 11 is 0. The van der Waals surface area contributed by atoms with E-state index in [1.807, 2.05) is 0 Å². The molecule has 88 valence electrons. The molecule has 0 aromatic rings. The van der Waals surface area contributed by atoms with E-state index in [2.05, 4.69) is 24.1 Å². The van der Waals surface area contributed by atoms with E-state index in [0.717, 1.165) is 31.7 Å². The van der Waals surface area contributed by atoms with Gasteiger partial charge in [-0.2, -0.15) is 0 Å². The molecule has 0 aromatic carbocycles. The van der Waals surface area contributed by atoms with E-state index in [1.165, 1.54) is 25.9 Å². The van der Waals surface area contributed by atoms with Gasteiger partial charge in [0.15, 0.2) is 0 Å². The van der Waals surface area contributed by atoms with E-state index in [1.54, 1.807) is 0 Å². The van der Waals surface area contributed by atoms with Crippen LogP contribution in [0.2, 0.25) is 0 Å². The molecular weight excluding hydrogens is 188 g/mol. The van der Waals surface area contributed by atoms with E-state index < -0.39 is 0 Å². The van der Waals surface area contributed by atoms with Crippen molar-refractivity contribution in [3.8, 4) is 0 Å². The van der Waals surface area contributed by atoms with E-state index in [-0.39, 0.29) is 0 Å². The molecule has 2 fully saturated rings. The maximum atomic E-state index is 5.45. The highest BCUT2D eigenvalue weighted by Gasteiger charge is 2.27. The van der Waals surface area contributed by atoms with Gasteiger partial charge in [-0.3, -0.25) is 4.90 Å². The topological polar surface area (TPSA) is 24.5 Å². The molecule has 0 saturated carbocycles. The Hall–Kier alpha value is -0.120. The van der Waals surface area contributed by atoms with Gasteiger partial charge < -0.3 is 10.1 Å². The number of hydrogen-bond donors (Lipinski definition) is 1. The zero-order chi connectivity index (χ0) is 10.7. The highest BCUT2D eigenvalue weighted by Crippen LogP contribution is 2.18. The number of nitrogens with one attached hydrogen (secondary N) is 1. The van der Waals surface area contributed by atoms with Crippen LogP contribution < -0.4 is 5.32 Å². The van der Waals surface area contributed by atoms with Crippen LogP contribution in [-0.2, 0) is 4.74 Å². The first kappa shape index (κ1) is 11.4. The van der Waals surface area contributed by atoms with Crippen molar-refractivity contribution >= 4 is 0 Å². The fraction of sp³-hybridized carbons (Fsp3) is 1.00. The Labute approximate surface area is 93.2 Å². The van der Waals surface area contributed by atoms with Gasteiger partial charge in [-0.1, -0.05) is 6.92 Å². The molecule has 0 bridgehead atoms. The molecule has 3 nitrogen and oxygen atoms in total. The maximum absolute atomic E-state index is 5.45. The molecule has 3 atom stereocenters. The predicted molar refractivity (Wildman–Crippen MR) is 62.0 cm³/mol.